The molecule has 4 nitrogen and oxygen atoms in total. The average molecular weight is 228 g/mol. The molecule has 0 saturated carbocycles. The molecule has 1 N–H and O–H groups in total. The zero-order valence-corrected chi connectivity index (χ0v) is 10.7. The highest BCUT2D eigenvalue weighted by atomic mass is 16.5. The number of nitrogens with one attached hydrogen (secondary N) is 1. The second kappa shape index (κ2) is 6.21. The highest BCUT2D eigenvalue weighted by Gasteiger charge is 2.36. The van der Waals surface area contributed by atoms with Gasteiger partial charge in [0, 0.05) is 20.2 Å². The lowest BCUT2D eigenvalue weighted by molar-refractivity contribution is -0.139. The molecule has 4 heteroatoms. The Labute approximate surface area is 98.3 Å². The van der Waals surface area contributed by atoms with Crippen molar-refractivity contribution in [1.82, 2.24) is 10.2 Å². The number of carbonyl (C=O) groups is 1. The van der Waals surface area contributed by atoms with Crippen molar-refractivity contribution in [3.05, 3.63) is 0 Å². The number of likely N-dealkylation sites (N-methyl/N-ethyl adjacent to an activating group) is 1. The zero-order valence-electron chi connectivity index (χ0n) is 10.7. The Morgan fingerprint density at radius 1 is 1.50 bits per heavy atom. The molecule has 1 rings (SSSR count). The minimum atomic E-state index is -0.359. The van der Waals surface area contributed by atoms with Crippen molar-refractivity contribution >= 4 is 5.91 Å². The van der Waals surface area contributed by atoms with E-state index in [0.717, 1.165) is 25.9 Å². The lowest BCUT2D eigenvalue weighted by atomic mass is 9.89. The standard InChI is InChI=1S/C12H24N2O2/c1-4-14(9-10-16-3)11(15)12(2)7-5-6-8-13-12/h13H,4-10H2,1-3H3. The number of hydrogen-bond donors (Lipinski definition) is 1. The van der Waals surface area contributed by atoms with E-state index in [1.807, 2.05) is 18.7 Å². The second-order valence-electron chi connectivity index (χ2n) is 4.59. The first-order chi connectivity index (χ1) is 7.64. The molecular weight excluding hydrogens is 204 g/mol. The molecule has 0 bridgehead atoms. The lowest BCUT2D eigenvalue weighted by Crippen LogP contribution is -2.58. The zero-order chi connectivity index (χ0) is 12.0. The quantitative estimate of drug-likeness (QED) is 0.763. The summed E-state index contributed by atoms with van der Waals surface area (Å²) < 4.78 is 5.03. The Hall–Kier alpha value is -0.610. The molecular formula is C12H24N2O2. The fraction of sp³-hybridized carbons (Fsp3) is 0.917. The van der Waals surface area contributed by atoms with Gasteiger partial charge in [0.25, 0.3) is 0 Å². The van der Waals surface area contributed by atoms with E-state index in [4.69, 9.17) is 4.74 Å². The number of ether oxygens (including phenoxy) is 1. The summed E-state index contributed by atoms with van der Waals surface area (Å²) in [6, 6.07) is 0. The fourth-order valence-corrected chi connectivity index (χ4v) is 2.19. The van der Waals surface area contributed by atoms with Crippen LogP contribution in [0.4, 0.5) is 0 Å². The maximum atomic E-state index is 12.4. The van der Waals surface area contributed by atoms with Gasteiger partial charge in [-0.05, 0) is 39.7 Å². The van der Waals surface area contributed by atoms with Gasteiger partial charge in [-0.3, -0.25) is 4.79 Å². The van der Waals surface area contributed by atoms with E-state index < -0.39 is 0 Å². The molecule has 1 saturated heterocycles. The monoisotopic (exact) mass is 228 g/mol. The van der Waals surface area contributed by atoms with Crippen molar-refractivity contribution in [2.24, 2.45) is 0 Å². The van der Waals surface area contributed by atoms with Gasteiger partial charge in [0.1, 0.15) is 0 Å². The molecule has 1 fully saturated rings. The molecule has 1 aliphatic rings. The van der Waals surface area contributed by atoms with Gasteiger partial charge in [-0.1, -0.05) is 0 Å². The van der Waals surface area contributed by atoms with Crippen LogP contribution in [-0.4, -0.2) is 49.7 Å². The minimum Gasteiger partial charge on any atom is -0.383 e. The molecule has 0 aliphatic carbocycles. The SMILES string of the molecule is CCN(CCOC)C(=O)C1(C)CCCCN1. The molecule has 1 unspecified atom stereocenters. The maximum Gasteiger partial charge on any atom is 0.242 e. The maximum absolute atomic E-state index is 12.4. The molecule has 1 amide bonds. The van der Waals surface area contributed by atoms with Crippen molar-refractivity contribution in [3.63, 3.8) is 0 Å². The van der Waals surface area contributed by atoms with E-state index in [0.29, 0.717) is 13.2 Å². The number of nitrogens with zero attached hydrogens (tertiary/aromatic N) is 1. The molecule has 0 spiro atoms. The van der Waals surface area contributed by atoms with Gasteiger partial charge < -0.3 is 15.0 Å². The van der Waals surface area contributed by atoms with Gasteiger partial charge in [0.2, 0.25) is 5.91 Å². The molecule has 1 aliphatic heterocycles. The summed E-state index contributed by atoms with van der Waals surface area (Å²) in [5.74, 6) is 0.215. The van der Waals surface area contributed by atoms with Crippen molar-refractivity contribution in [3.8, 4) is 0 Å². The van der Waals surface area contributed by atoms with Gasteiger partial charge >= 0.3 is 0 Å². The number of carbonyl (C=O) groups excluding carboxylic acids is 1. The van der Waals surface area contributed by atoms with Crippen LogP contribution in [0.5, 0.6) is 0 Å². The molecule has 0 radical (unpaired) electrons. The van der Waals surface area contributed by atoms with Crippen LogP contribution in [-0.2, 0) is 9.53 Å². The predicted octanol–water partition coefficient (Wildman–Crippen LogP) is 1.01. The molecule has 16 heavy (non-hydrogen) atoms. The summed E-state index contributed by atoms with van der Waals surface area (Å²) in [7, 11) is 1.67. The summed E-state index contributed by atoms with van der Waals surface area (Å²) in [6.45, 7) is 7.02. The third-order valence-electron chi connectivity index (χ3n) is 3.33. The third kappa shape index (κ3) is 3.19. The Kier molecular flexibility index (Phi) is 5.22. The lowest BCUT2D eigenvalue weighted by Gasteiger charge is -2.37. The van der Waals surface area contributed by atoms with Crippen molar-refractivity contribution in [2.75, 3.05) is 33.4 Å². The van der Waals surface area contributed by atoms with Gasteiger partial charge in [-0.25, -0.2) is 0 Å². The number of rotatable bonds is 5. The Balaban J connectivity index is 2.58. The first-order valence-electron chi connectivity index (χ1n) is 6.17. The third-order valence-corrected chi connectivity index (χ3v) is 3.33. The second-order valence-corrected chi connectivity index (χ2v) is 4.59. The van der Waals surface area contributed by atoms with Crippen LogP contribution in [0.25, 0.3) is 0 Å². The van der Waals surface area contributed by atoms with Crippen molar-refractivity contribution in [2.45, 2.75) is 38.6 Å². The van der Waals surface area contributed by atoms with E-state index >= 15 is 0 Å². The summed E-state index contributed by atoms with van der Waals surface area (Å²) in [6.07, 6.45) is 3.25. The van der Waals surface area contributed by atoms with Crippen LogP contribution in [0.1, 0.15) is 33.1 Å². The van der Waals surface area contributed by atoms with E-state index in [2.05, 4.69) is 5.32 Å². The molecule has 0 aromatic heterocycles. The molecule has 1 heterocycles. The highest BCUT2D eigenvalue weighted by molar-refractivity contribution is 5.86. The number of methoxy groups -OCH3 is 1. The number of amides is 1. The van der Waals surface area contributed by atoms with E-state index in [1.54, 1.807) is 7.11 Å². The van der Waals surface area contributed by atoms with Crippen LogP contribution in [0.3, 0.4) is 0 Å². The van der Waals surface area contributed by atoms with Crippen LogP contribution in [0.2, 0.25) is 0 Å². The smallest absolute Gasteiger partial charge is 0.242 e. The fourth-order valence-electron chi connectivity index (χ4n) is 2.19. The number of hydrogen-bond acceptors (Lipinski definition) is 3. The first-order valence-corrected chi connectivity index (χ1v) is 6.17. The van der Waals surface area contributed by atoms with Gasteiger partial charge in [-0.15, -0.1) is 0 Å². The topological polar surface area (TPSA) is 41.6 Å². The largest absolute Gasteiger partial charge is 0.383 e. The van der Waals surface area contributed by atoms with E-state index in [9.17, 15) is 4.79 Å². The van der Waals surface area contributed by atoms with Gasteiger partial charge in [-0.2, -0.15) is 0 Å². The first kappa shape index (κ1) is 13.5. The highest BCUT2D eigenvalue weighted by Crippen LogP contribution is 2.21. The van der Waals surface area contributed by atoms with Crippen LogP contribution >= 0.6 is 0 Å². The van der Waals surface area contributed by atoms with Crippen LogP contribution in [0, 0.1) is 0 Å². The van der Waals surface area contributed by atoms with Gasteiger partial charge in [0.15, 0.2) is 0 Å². The van der Waals surface area contributed by atoms with E-state index in [-0.39, 0.29) is 11.4 Å². The van der Waals surface area contributed by atoms with Gasteiger partial charge in [0.05, 0.1) is 12.1 Å². The molecule has 94 valence electrons. The van der Waals surface area contributed by atoms with E-state index in [1.165, 1.54) is 6.42 Å². The minimum absolute atomic E-state index is 0.215. The summed E-state index contributed by atoms with van der Waals surface area (Å²) in [5, 5.41) is 3.35. The van der Waals surface area contributed by atoms with Crippen molar-refractivity contribution < 1.29 is 9.53 Å². The average Bonchev–Trinajstić information content (AvgIpc) is 2.31. The number of piperidine rings is 1. The Morgan fingerprint density at radius 3 is 2.75 bits per heavy atom. The molecule has 1 atom stereocenters. The summed E-state index contributed by atoms with van der Waals surface area (Å²) in [4.78, 5) is 14.2. The summed E-state index contributed by atoms with van der Waals surface area (Å²) in [5.41, 5.74) is -0.359. The Bertz CT molecular complexity index is 225. The van der Waals surface area contributed by atoms with Crippen LogP contribution in [0.15, 0.2) is 0 Å². The Morgan fingerprint density at radius 2 is 2.25 bits per heavy atom. The van der Waals surface area contributed by atoms with Crippen molar-refractivity contribution in [1.29, 1.82) is 0 Å². The molecule has 0 aromatic carbocycles. The summed E-state index contributed by atoms with van der Waals surface area (Å²) >= 11 is 0. The van der Waals surface area contributed by atoms with Crippen LogP contribution < -0.4 is 5.32 Å². The molecule has 0 aromatic rings. The predicted molar refractivity (Wildman–Crippen MR) is 64.4 cm³/mol. The normalized spacial score (nSPS) is 25.4.